The van der Waals surface area contributed by atoms with Gasteiger partial charge in [0.05, 0.1) is 12.7 Å². The summed E-state index contributed by atoms with van der Waals surface area (Å²) >= 11 is 1.57. The highest BCUT2D eigenvalue weighted by Gasteiger charge is 2.26. The minimum absolute atomic E-state index is 0.377. The van der Waals surface area contributed by atoms with E-state index in [1.54, 1.807) is 23.9 Å². The number of hydrogen-bond acceptors (Lipinski definition) is 8. The molecule has 0 saturated heterocycles. The highest BCUT2D eigenvalue weighted by molar-refractivity contribution is 7.99. The molecule has 2 aromatic carbocycles. The number of ether oxygens (including phenoxy) is 2. The molecule has 0 fully saturated rings. The Morgan fingerprint density at radius 3 is 2.73 bits per heavy atom. The SMILES string of the molecule is CCCCSc1nnc2c(n1)O[C@H](c1ccc(C(=O)OC)cc1)Nc1ccccc1-2. The molecule has 0 amide bonds. The zero-order chi connectivity index (χ0) is 20.9. The van der Waals surface area contributed by atoms with Gasteiger partial charge < -0.3 is 14.8 Å². The smallest absolute Gasteiger partial charge is 0.337 e. The maximum Gasteiger partial charge on any atom is 0.337 e. The van der Waals surface area contributed by atoms with E-state index in [-0.39, 0.29) is 5.97 Å². The summed E-state index contributed by atoms with van der Waals surface area (Å²) in [4.78, 5) is 16.4. The number of anilines is 1. The normalized spacial score (nSPS) is 14.5. The topological polar surface area (TPSA) is 86.2 Å². The number of methoxy groups -OCH3 is 1. The van der Waals surface area contributed by atoms with Crippen LogP contribution in [-0.2, 0) is 4.74 Å². The summed E-state index contributed by atoms with van der Waals surface area (Å²) in [6, 6.07) is 14.9. The van der Waals surface area contributed by atoms with Crippen LogP contribution in [0.2, 0.25) is 0 Å². The molecule has 3 aromatic rings. The molecule has 0 spiro atoms. The second-order valence-electron chi connectivity index (χ2n) is 6.75. The number of nitrogens with one attached hydrogen (secondary N) is 1. The predicted octanol–water partition coefficient (Wildman–Crippen LogP) is 4.72. The van der Waals surface area contributed by atoms with Gasteiger partial charge in [-0.25, -0.2) is 4.79 Å². The maximum absolute atomic E-state index is 11.7. The molecule has 1 atom stereocenters. The number of para-hydroxylation sites is 1. The first-order valence-electron chi connectivity index (χ1n) is 9.78. The van der Waals surface area contributed by atoms with E-state index in [0.717, 1.165) is 35.4 Å². The van der Waals surface area contributed by atoms with Gasteiger partial charge in [0, 0.05) is 22.6 Å². The van der Waals surface area contributed by atoms with E-state index >= 15 is 0 Å². The van der Waals surface area contributed by atoms with Gasteiger partial charge in [0.2, 0.25) is 11.0 Å². The van der Waals surface area contributed by atoms with Crippen molar-refractivity contribution >= 4 is 23.4 Å². The lowest BCUT2D eigenvalue weighted by molar-refractivity contribution is 0.0600. The third-order valence-corrected chi connectivity index (χ3v) is 5.62. The van der Waals surface area contributed by atoms with Gasteiger partial charge >= 0.3 is 5.97 Å². The summed E-state index contributed by atoms with van der Waals surface area (Å²) in [7, 11) is 1.36. The van der Waals surface area contributed by atoms with E-state index in [9.17, 15) is 4.79 Å². The maximum atomic E-state index is 11.7. The Labute approximate surface area is 179 Å². The van der Waals surface area contributed by atoms with Crippen LogP contribution >= 0.6 is 11.8 Å². The first-order valence-corrected chi connectivity index (χ1v) is 10.8. The quantitative estimate of drug-likeness (QED) is 0.347. The number of hydrogen-bond donors (Lipinski definition) is 1. The first kappa shape index (κ1) is 20.2. The number of aromatic nitrogens is 3. The fourth-order valence-corrected chi connectivity index (χ4v) is 3.94. The third kappa shape index (κ3) is 4.23. The monoisotopic (exact) mass is 422 g/mol. The molecule has 30 heavy (non-hydrogen) atoms. The molecule has 7 nitrogen and oxygen atoms in total. The Morgan fingerprint density at radius 1 is 1.17 bits per heavy atom. The minimum atomic E-state index is -0.496. The molecule has 154 valence electrons. The zero-order valence-electron chi connectivity index (χ0n) is 16.8. The Kier molecular flexibility index (Phi) is 6.13. The first-order chi connectivity index (χ1) is 14.7. The fraction of sp³-hybridized carbons (Fsp3) is 0.273. The van der Waals surface area contributed by atoms with Crippen molar-refractivity contribution in [3.63, 3.8) is 0 Å². The van der Waals surface area contributed by atoms with Crippen molar-refractivity contribution in [2.75, 3.05) is 18.2 Å². The van der Waals surface area contributed by atoms with Crippen molar-refractivity contribution in [2.45, 2.75) is 31.1 Å². The Morgan fingerprint density at radius 2 is 1.97 bits per heavy atom. The van der Waals surface area contributed by atoms with Crippen molar-refractivity contribution < 1.29 is 14.3 Å². The van der Waals surface area contributed by atoms with Crippen molar-refractivity contribution in [1.82, 2.24) is 15.2 Å². The molecule has 1 N–H and O–H groups in total. The number of fused-ring (bicyclic) bond motifs is 3. The van der Waals surface area contributed by atoms with Crippen LogP contribution in [-0.4, -0.2) is 34.0 Å². The average molecular weight is 423 g/mol. The van der Waals surface area contributed by atoms with Gasteiger partial charge in [-0.1, -0.05) is 55.4 Å². The molecule has 0 bridgehead atoms. The Hall–Kier alpha value is -3.13. The second-order valence-corrected chi connectivity index (χ2v) is 7.81. The summed E-state index contributed by atoms with van der Waals surface area (Å²) in [5.74, 6) is 0.991. The largest absolute Gasteiger partial charge is 0.465 e. The molecule has 0 unspecified atom stereocenters. The lowest BCUT2D eigenvalue weighted by atomic mass is 10.1. The summed E-state index contributed by atoms with van der Waals surface area (Å²) in [6.45, 7) is 2.15. The molecule has 0 radical (unpaired) electrons. The predicted molar refractivity (Wildman–Crippen MR) is 116 cm³/mol. The van der Waals surface area contributed by atoms with E-state index in [4.69, 9.17) is 9.47 Å². The fourth-order valence-electron chi connectivity index (χ4n) is 3.08. The van der Waals surface area contributed by atoms with Crippen LogP contribution in [0, 0.1) is 0 Å². The average Bonchev–Trinajstić information content (AvgIpc) is 2.95. The van der Waals surface area contributed by atoms with Gasteiger partial charge in [0.15, 0.2) is 11.9 Å². The molecule has 1 aromatic heterocycles. The molecule has 0 saturated carbocycles. The summed E-state index contributed by atoms with van der Waals surface area (Å²) in [5, 5.41) is 12.7. The summed E-state index contributed by atoms with van der Waals surface area (Å²) in [6.07, 6.45) is 1.71. The highest BCUT2D eigenvalue weighted by Crippen LogP contribution is 2.39. The molecule has 4 rings (SSSR count). The van der Waals surface area contributed by atoms with E-state index in [1.165, 1.54) is 7.11 Å². The minimum Gasteiger partial charge on any atom is -0.465 e. The number of benzene rings is 2. The van der Waals surface area contributed by atoms with Crippen LogP contribution in [0.4, 0.5) is 5.69 Å². The lowest BCUT2D eigenvalue weighted by Crippen LogP contribution is -2.17. The summed E-state index contributed by atoms with van der Waals surface area (Å²) in [5.41, 5.74) is 3.69. The van der Waals surface area contributed by atoms with E-state index in [1.807, 2.05) is 36.4 Å². The second kappa shape index (κ2) is 9.13. The van der Waals surface area contributed by atoms with E-state index < -0.39 is 6.23 Å². The van der Waals surface area contributed by atoms with E-state index in [2.05, 4.69) is 27.4 Å². The molecule has 0 aliphatic carbocycles. The molecule has 1 aliphatic heterocycles. The van der Waals surface area contributed by atoms with Crippen LogP contribution in [0.3, 0.4) is 0 Å². The zero-order valence-corrected chi connectivity index (χ0v) is 17.6. The van der Waals surface area contributed by atoms with Gasteiger partial charge in [0.25, 0.3) is 0 Å². The van der Waals surface area contributed by atoms with Crippen LogP contribution < -0.4 is 10.1 Å². The van der Waals surface area contributed by atoms with Crippen molar-refractivity contribution in [3.8, 4) is 17.1 Å². The van der Waals surface area contributed by atoms with Gasteiger partial charge in [-0.15, -0.1) is 10.2 Å². The van der Waals surface area contributed by atoms with Crippen molar-refractivity contribution in [2.24, 2.45) is 0 Å². The molecular formula is C22H22N4O3S. The van der Waals surface area contributed by atoms with Crippen LogP contribution in [0.25, 0.3) is 11.3 Å². The standard InChI is InChI=1S/C22H22N4O3S/c1-3-4-13-30-22-24-20-18(25-26-22)16-7-5-6-8-17(16)23-19(29-20)14-9-11-15(12-10-14)21(27)28-2/h5-12,19,23H,3-4,13H2,1-2H3/t19-/m1/s1. The molecule has 1 aliphatic rings. The number of nitrogens with zero attached hydrogens (tertiary/aromatic N) is 3. The van der Waals surface area contributed by atoms with E-state index in [0.29, 0.717) is 22.3 Å². The number of carbonyl (C=O) groups is 1. The van der Waals surface area contributed by atoms with Gasteiger partial charge in [0.1, 0.15) is 0 Å². The van der Waals surface area contributed by atoms with Crippen LogP contribution in [0.1, 0.15) is 41.9 Å². The molecular weight excluding hydrogens is 400 g/mol. The molecule has 8 heteroatoms. The number of esters is 1. The van der Waals surface area contributed by atoms with Crippen LogP contribution in [0.15, 0.2) is 53.7 Å². The van der Waals surface area contributed by atoms with Gasteiger partial charge in [-0.3, -0.25) is 0 Å². The number of unbranched alkanes of at least 4 members (excludes halogenated alkanes) is 1. The number of rotatable bonds is 6. The number of carbonyl (C=O) groups excluding carboxylic acids is 1. The van der Waals surface area contributed by atoms with Gasteiger partial charge in [-0.2, -0.15) is 4.98 Å². The Balaban J connectivity index is 1.69. The third-order valence-electron chi connectivity index (χ3n) is 4.70. The van der Waals surface area contributed by atoms with Gasteiger partial charge in [-0.05, 0) is 24.6 Å². The number of thioether (sulfide) groups is 1. The van der Waals surface area contributed by atoms with Crippen molar-refractivity contribution in [3.05, 3.63) is 59.7 Å². The lowest BCUT2D eigenvalue weighted by Gasteiger charge is -2.19. The molecule has 2 heterocycles. The Bertz CT molecular complexity index is 1040. The van der Waals surface area contributed by atoms with Crippen LogP contribution in [0.5, 0.6) is 5.88 Å². The summed E-state index contributed by atoms with van der Waals surface area (Å²) < 4.78 is 11.0. The van der Waals surface area contributed by atoms with Crippen molar-refractivity contribution in [1.29, 1.82) is 0 Å². The highest BCUT2D eigenvalue weighted by atomic mass is 32.2.